The Morgan fingerprint density at radius 1 is 1.37 bits per heavy atom. The van der Waals surface area contributed by atoms with E-state index in [1.807, 2.05) is 4.90 Å². The van der Waals surface area contributed by atoms with Crippen LogP contribution < -0.4 is 5.32 Å². The Labute approximate surface area is 123 Å². The first-order valence-corrected chi connectivity index (χ1v) is 8.23. The summed E-state index contributed by atoms with van der Waals surface area (Å²) in [5.74, 6) is 0.131. The molecule has 0 saturated heterocycles. The average Bonchev–Trinajstić information content (AvgIpc) is 2.76. The summed E-state index contributed by atoms with van der Waals surface area (Å²) in [5.41, 5.74) is 0.735. The van der Waals surface area contributed by atoms with E-state index in [2.05, 4.69) is 19.2 Å². The second kappa shape index (κ2) is 6.62. The molecule has 1 N–H and O–H groups in total. The van der Waals surface area contributed by atoms with Crippen molar-refractivity contribution < 1.29 is 4.79 Å². The average molecular weight is 301 g/mol. The topological polar surface area (TPSA) is 32.3 Å². The number of fused-ring (bicyclic) bond motifs is 1. The summed E-state index contributed by atoms with van der Waals surface area (Å²) >= 11 is 7.49. The quantitative estimate of drug-likeness (QED) is 0.833. The fourth-order valence-corrected chi connectivity index (χ4v) is 3.53. The highest BCUT2D eigenvalue weighted by Crippen LogP contribution is 2.37. The summed E-state index contributed by atoms with van der Waals surface area (Å²) < 4.78 is 0.678. The molecule has 0 saturated carbocycles. The molecule has 0 fully saturated rings. The Hall–Kier alpha value is -0.740. The number of thiophene rings is 1. The van der Waals surface area contributed by atoms with Crippen LogP contribution in [0.2, 0.25) is 4.34 Å². The minimum atomic E-state index is 0.126. The van der Waals surface area contributed by atoms with Gasteiger partial charge < -0.3 is 10.2 Å². The fourth-order valence-electron chi connectivity index (χ4n) is 2.36. The van der Waals surface area contributed by atoms with E-state index in [1.54, 1.807) is 6.07 Å². The molecule has 5 heteroatoms. The Bertz CT molecular complexity index is 447. The van der Waals surface area contributed by atoms with Crippen molar-refractivity contribution in [3.63, 3.8) is 0 Å². The maximum absolute atomic E-state index is 12.5. The molecule has 0 aliphatic carbocycles. The minimum Gasteiger partial charge on any atom is -0.356 e. The number of amides is 1. The number of unbranched alkanes of at least 4 members (excludes halogenated alkanes) is 2. The summed E-state index contributed by atoms with van der Waals surface area (Å²) in [5, 5.41) is 4.42. The van der Waals surface area contributed by atoms with Crippen molar-refractivity contribution in [1.82, 2.24) is 4.90 Å². The van der Waals surface area contributed by atoms with Gasteiger partial charge in [-0.2, -0.15) is 0 Å². The van der Waals surface area contributed by atoms with Crippen LogP contribution in [0.1, 0.15) is 56.3 Å². The minimum absolute atomic E-state index is 0.126. The molecule has 1 atom stereocenters. The number of nitrogens with one attached hydrogen (secondary N) is 1. The highest BCUT2D eigenvalue weighted by Gasteiger charge is 2.32. The summed E-state index contributed by atoms with van der Waals surface area (Å²) in [4.78, 5) is 14.5. The molecule has 0 radical (unpaired) electrons. The van der Waals surface area contributed by atoms with Crippen LogP contribution in [0.3, 0.4) is 0 Å². The molecule has 1 aromatic rings. The van der Waals surface area contributed by atoms with Gasteiger partial charge in [-0.1, -0.05) is 38.3 Å². The van der Waals surface area contributed by atoms with Crippen LogP contribution in [0.25, 0.3) is 0 Å². The summed E-state index contributed by atoms with van der Waals surface area (Å²) in [6.45, 7) is 5.15. The van der Waals surface area contributed by atoms with Crippen molar-refractivity contribution in [1.29, 1.82) is 0 Å². The number of hydrogen-bond donors (Lipinski definition) is 1. The molecular formula is C14H21ClN2OS. The molecule has 0 spiro atoms. The van der Waals surface area contributed by atoms with Crippen LogP contribution in [0.4, 0.5) is 5.00 Å². The van der Waals surface area contributed by atoms with Crippen molar-refractivity contribution in [3.05, 3.63) is 16.0 Å². The molecule has 1 aromatic heterocycles. The van der Waals surface area contributed by atoms with E-state index in [1.165, 1.54) is 11.3 Å². The number of halogens is 1. The van der Waals surface area contributed by atoms with Crippen molar-refractivity contribution in [3.8, 4) is 0 Å². The van der Waals surface area contributed by atoms with Gasteiger partial charge in [-0.25, -0.2) is 0 Å². The van der Waals surface area contributed by atoms with E-state index in [9.17, 15) is 4.79 Å². The van der Waals surface area contributed by atoms with Gasteiger partial charge in [-0.05, 0) is 25.3 Å². The second-order valence-electron chi connectivity index (χ2n) is 4.95. The van der Waals surface area contributed by atoms with Crippen molar-refractivity contribution >= 4 is 33.8 Å². The van der Waals surface area contributed by atoms with Gasteiger partial charge in [-0.3, -0.25) is 4.79 Å². The lowest BCUT2D eigenvalue weighted by Gasteiger charge is -2.36. The number of hydrogen-bond acceptors (Lipinski definition) is 3. The van der Waals surface area contributed by atoms with Gasteiger partial charge >= 0.3 is 0 Å². The number of nitrogens with zero attached hydrogens (tertiary/aromatic N) is 1. The highest BCUT2D eigenvalue weighted by atomic mass is 35.5. The largest absolute Gasteiger partial charge is 0.356 e. The number of anilines is 1. The van der Waals surface area contributed by atoms with Crippen molar-refractivity contribution in [2.75, 3.05) is 11.9 Å². The number of carbonyl (C=O) groups is 1. The highest BCUT2D eigenvalue weighted by molar-refractivity contribution is 7.20. The Morgan fingerprint density at radius 2 is 2.11 bits per heavy atom. The van der Waals surface area contributed by atoms with E-state index < -0.39 is 0 Å². The maximum atomic E-state index is 12.5. The van der Waals surface area contributed by atoms with Gasteiger partial charge in [-0.15, -0.1) is 11.3 Å². The molecule has 0 aromatic carbocycles. The third-order valence-corrected chi connectivity index (χ3v) is 4.65. The van der Waals surface area contributed by atoms with E-state index in [-0.39, 0.29) is 12.1 Å². The lowest BCUT2D eigenvalue weighted by molar-refractivity contribution is 0.0673. The molecule has 1 unspecified atom stereocenters. The third kappa shape index (κ3) is 3.23. The van der Waals surface area contributed by atoms with Gasteiger partial charge in [0.1, 0.15) is 11.2 Å². The normalized spacial score (nSPS) is 18.4. The van der Waals surface area contributed by atoms with E-state index in [0.29, 0.717) is 4.34 Å². The molecule has 1 amide bonds. The first-order chi connectivity index (χ1) is 9.17. The van der Waals surface area contributed by atoms with Crippen LogP contribution in [0, 0.1) is 0 Å². The summed E-state index contributed by atoms with van der Waals surface area (Å²) in [7, 11) is 0. The lowest BCUT2D eigenvalue weighted by atomic mass is 10.1. The third-order valence-electron chi connectivity index (χ3n) is 3.45. The van der Waals surface area contributed by atoms with Crippen molar-refractivity contribution in [2.24, 2.45) is 0 Å². The molecule has 2 rings (SSSR count). The molecule has 2 heterocycles. The molecule has 19 heavy (non-hydrogen) atoms. The monoisotopic (exact) mass is 300 g/mol. The standard InChI is InChI=1S/C14H21ClN2OS/c1-3-5-7-12-16-13-10(9-11(15)19-13)14(18)17(12)8-6-4-2/h9,12,16H,3-8H2,1-2H3. The molecule has 3 nitrogen and oxygen atoms in total. The second-order valence-corrected chi connectivity index (χ2v) is 6.63. The molecule has 0 bridgehead atoms. The van der Waals surface area contributed by atoms with Gasteiger partial charge in [0.05, 0.1) is 9.90 Å². The SMILES string of the molecule is CCCCC1Nc2sc(Cl)cc2C(=O)N1CCCC. The van der Waals surface area contributed by atoms with E-state index in [4.69, 9.17) is 11.6 Å². The van der Waals surface area contributed by atoms with Gasteiger partial charge in [0.25, 0.3) is 5.91 Å². The van der Waals surface area contributed by atoms with Gasteiger partial charge in [0.15, 0.2) is 0 Å². The molecule has 1 aliphatic heterocycles. The van der Waals surface area contributed by atoms with Crippen LogP contribution in [-0.2, 0) is 0 Å². The summed E-state index contributed by atoms with van der Waals surface area (Å²) in [6, 6.07) is 1.78. The van der Waals surface area contributed by atoms with Gasteiger partial charge in [0, 0.05) is 6.54 Å². The lowest BCUT2D eigenvalue weighted by Crippen LogP contribution is -2.48. The zero-order valence-electron chi connectivity index (χ0n) is 11.5. The zero-order chi connectivity index (χ0) is 13.8. The molecule has 106 valence electrons. The van der Waals surface area contributed by atoms with E-state index >= 15 is 0 Å². The van der Waals surface area contributed by atoms with Crippen LogP contribution >= 0.6 is 22.9 Å². The predicted molar refractivity (Wildman–Crippen MR) is 82.2 cm³/mol. The number of carbonyl (C=O) groups excluding carboxylic acids is 1. The van der Waals surface area contributed by atoms with Gasteiger partial charge in [0.2, 0.25) is 0 Å². The van der Waals surface area contributed by atoms with Crippen LogP contribution in [0.15, 0.2) is 6.07 Å². The Kier molecular flexibility index (Phi) is 5.11. The van der Waals surface area contributed by atoms with Crippen molar-refractivity contribution in [2.45, 2.75) is 52.1 Å². The maximum Gasteiger partial charge on any atom is 0.258 e. The number of rotatable bonds is 6. The first-order valence-electron chi connectivity index (χ1n) is 7.04. The Balaban J connectivity index is 2.19. The molecule has 1 aliphatic rings. The summed E-state index contributed by atoms with van der Waals surface area (Å²) in [6.07, 6.45) is 5.54. The molecular weight excluding hydrogens is 280 g/mol. The van der Waals surface area contributed by atoms with Crippen LogP contribution in [0.5, 0.6) is 0 Å². The van der Waals surface area contributed by atoms with Crippen LogP contribution in [-0.4, -0.2) is 23.5 Å². The first kappa shape index (κ1) is 14.7. The Morgan fingerprint density at radius 3 is 2.79 bits per heavy atom. The predicted octanol–water partition coefficient (Wildman–Crippen LogP) is 4.59. The van der Waals surface area contributed by atoms with E-state index in [0.717, 1.165) is 49.2 Å². The zero-order valence-corrected chi connectivity index (χ0v) is 13.1. The fraction of sp³-hybridized carbons (Fsp3) is 0.643. The smallest absolute Gasteiger partial charge is 0.258 e.